The Hall–Kier alpha value is -1.61. The van der Waals surface area contributed by atoms with Crippen LogP contribution >= 0.6 is 0 Å². The lowest BCUT2D eigenvalue weighted by Crippen LogP contribution is -1.98. The molecule has 2 rings (SSSR count). The fourth-order valence-corrected chi connectivity index (χ4v) is 1.94. The molecule has 0 saturated carbocycles. The molecular formula is C14H19N3. The summed E-state index contributed by atoms with van der Waals surface area (Å²) in [6.07, 6.45) is 0. The van der Waals surface area contributed by atoms with Crippen LogP contribution in [0.4, 0.5) is 0 Å². The van der Waals surface area contributed by atoms with Gasteiger partial charge in [-0.05, 0) is 24.0 Å². The fraction of sp³-hybridized carbons (Fsp3) is 0.357. The van der Waals surface area contributed by atoms with Crippen LogP contribution in [0.25, 0.3) is 11.3 Å². The summed E-state index contributed by atoms with van der Waals surface area (Å²) in [4.78, 5) is 0. The first-order valence-electron chi connectivity index (χ1n) is 5.97. The maximum Gasteiger partial charge on any atom is 0.0953 e. The molecule has 0 aliphatic heterocycles. The van der Waals surface area contributed by atoms with Gasteiger partial charge in [-0.15, -0.1) is 0 Å². The second-order valence-electron chi connectivity index (χ2n) is 4.66. The number of nitrogens with zero attached hydrogens (tertiary/aromatic N) is 1. The third-order valence-electron chi connectivity index (χ3n) is 3.17. The Morgan fingerprint density at radius 1 is 1.24 bits per heavy atom. The zero-order valence-electron chi connectivity index (χ0n) is 10.6. The van der Waals surface area contributed by atoms with Crippen LogP contribution in [0, 0.1) is 6.92 Å². The van der Waals surface area contributed by atoms with Gasteiger partial charge < -0.3 is 5.73 Å². The van der Waals surface area contributed by atoms with Crippen LogP contribution in [0.2, 0.25) is 0 Å². The number of H-pyrrole nitrogens is 1. The third kappa shape index (κ3) is 2.24. The van der Waals surface area contributed by atoms with Crippen molar-refractivity contribution in [3.05, 3.63) is 41.1 Å². The predicted molar refractivity (Wildman–Crippen MR) is 70.7 cm³/mol. The zero-order chi connectivity index (χ0) is 12.4. The largest absolute Gasteiger partial charge is 0.325 e. The standard InChI is InChI=1S/C14H19N3/c1-9(2)11-4-6-12(7-5-11)14-10(3)13(8-15)16-17-14/h4-7,9H,8,15H2,1-3H3,(H,16,17). The highest BCUT2D eigenvalue weighted by molar-refractivity contribution is 5.64. The van der Waals surface area contributed by atoms with E-state index in [1.54, 1.807) is 0 Å². The highest BCUT2D eigenvalue weighted by Gasteiger charge is 2.09. The van der Waals surface area contributed by atoms with Gasteiger partial charge in [-0.1, -0.05) is 38.1 Å². The molecule has 0 atom stereocenters. The van der Waals surface area contributed by atoms with Crippen molar-refractivity contribution in [3.8, 4) is 11.3 Å². The molecule has 1 heterocycles. The highest BCUT2D eigenvalue weighted by Crippen LogP contribution is 2.24. The van der Waals surface area contributed by atoms with E-state index in [-0.39, 0.29) is 0 Å². The minimum Gasteiger partial charge on any atom is -0.325 e. The van der Waals surface area contributed by atoms with Crippen molar-refractivity contribution in [2.75, 3.05) is 0 Å². The Kier molecular flexibility index (Phi) is 3.29. The lowest BCUT2D eigenvalue weighted by atomic mass is 9.99. The van der Waals surface area contributed by atoms with Gasteiger partial charge in [0, 0.05) is 12.1 Å². The molecule has 3 nitrogen and oxygen atoms in total. The van der Waals surface area contributed by atoms with E-state index in [4.69, 9.17) is 5.73 Å². The molecule has 0 spiro atoms. The van der Waals surface area contributed by atoms with Gasteiger partial charge in [-0.25, -0.2) is 0 Å². The van der Waals surface area contributed by atoms with E-state index >= 15 is 0 Å². The molecule has 3 heteroatoms. The van der Waals surface area contributed by atoms with Gasteiger partial charge in [-0.2, -0.15) is 5.10 Å². The van der Waals surface area contributed by atoms with Gasteiger partial charge in [0.2, 0.25) is 0 Å². The molecule has 1 aromatic heterocycles. The summed E-state index contributed by atoms with van der Waals surface area (Å²) in [5.74, 6) is 0.559. The van der Waals surface area contributed by atoms with Crippen LogP contribution in [0.5, 0.6) is 0 Å². The molecule has 0 unspecified atom stereocenters. The van der Waals surface area contributed by atoms with E-state index in [9.17, 15) is 0 Å². The van der Waals surface area contributed by atoms with Crippen molar-refractivity contribution in [3.63, 3.8) is 0 Å². The monoisotopic (exact) mass is 229 g/mol. The first-order valence-corrected chi connectivity index (χ1v) is 5.97. The zero-order valence-corrected chi connectivity index (χ0v) is 10.6. The summed E-state index contributed by atoms with van der Waals surface area (Å²) >= 11 is 0. The van der Waals surface area contributed by atoms with E-state index in [2.05, 4.69) is 55.2 Å². The Labute approximate surface area is 102 Å². The minimum atomic E-state index is 0.503. The fourth-order valence-electron chi connectivity index (χ4n) is 1.94. The number of hydrogen-bond acceptors (Lipinski definition) is 2. The summed E-state index contributed by atoms with van der Waals surface area (Å²) < 4.78 is 0. The van der Waals surface area contributed by atoms with Gasteiger partial charge >= 0.3 is 0 Å². The lowest BCUT2D eigenvalue weighted by Gasteiger charge is -2.06. The number of benzene rings is 1. The first kappa shape index (κ1) is 11.9. The molecule has 0 fully saturated rings. The Morgan fingerprint density at radius 3 is 2.35 bits per heavy atom. The molecule has 0 amide bonds. The van der Waals surface area contributed by atoms with Crippen LogP contribution in [-0.4, -0.2) is 10.2 Å². The van der Waals surface area contributed by atoms with Gasteiger partial charge in [0.25, 0.3) is 0 Å². The van der Waals surface area contributed by atoms with Crippen molar-refractivity contribution in [1.82, 2.24) is 10.2 Å². The van der Waals surface area contributed by atoms with Gasteiger partial charge in [0.1, 0.15) is 0 Å². The second-order valence-corrected chi connectivity index (χ2v) is 4.66. The Bertz CT molecular complexity index is 495. The van der Waals surface area contributed by atoms with Crippen molar-refractivity contribution in [1.29, 1.82) is 0 Å². The summed E-state index contributed by atoms with van der Waals surface area (Å²) in [6, 6.07) is 8.57. The average Bonchev–Trinajstić information content (AvgIpc) is 2.70. The van der Waals surface area contributed by atoms with E-state index in [0.29, 0.717) is 12.5 Å². The highest BCUT2D eigenvalue weighted by atomic mass is 15.1. The quantitative estimate of drug-likeness (QED) is 0.850. The van der Waals surface area contributed by atoms with Gasteiger partial charge in [-0.3, -0.25) is 5.10 Å². The molecule has 0 radical (unpaired) electrons. The number of nitrogens with two attached hydrogens (primary N) is 1. The molecule has 17 heavy (non-hydrogen) atoms. The Morgan fingerprint density at radius 2 is 1.88 bits per heavy atom. The number of nitrogens with one attached hydrogen (secondary N) is 1. The molecular weight excluding hydrogens is 210 g/mol. The topological polar surface area (TPSA) is 54.7 Å². The van der Waals surface area contributed by atoms with Crippen LogP contribution in [0.3, 0.4) is 0 Å². The Balaban J connectivity index is 2.36. The number of rotatable bonds is 3. The molecule has 0 bridgehead atoms. The molecule has 3 N–H and O–H groups in total. The van der Waals surface area contributed by atoms with E-state index < -0.39 is 0 Å². The average molecular weight is 229 g/mol. The van der Waals surface area contributed by atoms with Crippen molar-refractivity contribution in [2.24, 2.45) is 5.73 Å². The van der Waals surface area contributed by atoms with Crippen molar-refractivity contribution < 1.29 is 0 Å². The molecule has 90 valence electrons. The number of aromatic amines is 1. The smallest absolute Gasteiger partial charge is 0.0953 e. The summed E-state index contributed by atoms with van der Waals surface area (Å²) in [7, 11) is 0. The third-order valence-corrected chi connectivity index (χ3v) is 3.17. The minimum absolute atomic E-state index is 0.503. The molecule has 2 aromatic rings. The molecule has 0 saturated heterocycles. The lowest BCUT2D eigenvalue weighted by molar-refractivity contribution is 0.867. The van der Waals surface area contributed by atoms with Gasteiger partial charge in [0.05, 0.1) is 11.4 Å². The van der Waals surface area contributed by atoms with Crippen molar-refractivity contribution in [2.45, 2.75) is 33.2 Å². The maximum absolute atomic E-state index is 5.63. The van der Waals surface area contributed by atoms with E-state index in [1.807, 2.05) is 0 Å². The summed E-state index contributed by atoms with van der Waals surface area (Å²) in [5, 5.41) is 7.31. The molecule has 1 aromatic carbocycles. The van der Waals surface area contributed by atoms with Crippen LogP contribution < -0.4 is 5.73 Å². The number of aromatic nitrogens is 2. The molecule has 0 aliphatic rings. The second kappa shape index (κ2) is 4.72. The summed E-state index contributed by atoms with van der Waals surface area (Å²) in [5.41, 5.74) is 11.3. The number of hydrogen-bond donors (Lipinski definition) is 2. The van der Waals surface area contributed by atoms with E-state index in [0.717, 1.165) is 22.5 Å². The summed E-state index contributed by atoms with van der Waals surface area (Å²) in [6.45, 7) is 6.95. The SMILES string of the molecule is Cc1c(-c2ccc(C(C)C)cc2)n[nH]c1CN. The predicted octanol–water partition coefficient (Wildman–Crippen LogP) is 2.97. The molecule has 0 aliphatic carbocycles. The van der Waals surface area contributed by atoms with Gasteiger partial charge in [0.15, 0.2) is 0 Å². The first-order chi connectivity index (χ1) is 8.13. The van der Waals surface area contributed by atoms with Crippen molar-refractivity contribution >= 4 is 0 Å². The normalized spacial score (nSPS) is 11.1. The van der Waals surface area contributed by atoms with E-state index in [1.165, 1.54) is 5.56 Å². The van der Waals surface area contributed by atoms with Crippen LogP contribution in [-0.2, 0) is 6.54 Å². The maximum atomic E-state index is 5.63. The van der Waals surface area contributed by atoms with Crippen LogP contribution in [0.1, 0.15) is 36.6 Å². The van der Waals surface area contributed by atoms with Crippen LogP contribution in [0.15, 0.2) is 24.3 Å².